The fourth-order valence-corrected chi connectivity index (χ4v) is 3.13. The highest BCUT2D eigenvalue weighted by atomic mass is 32.1. The van der Waals surface area contributed by atoms with Crippen molar-refractivity contribution in [3.8, 4) is 5.88 Å². The molecule has 1 aliphatic carbocycles. The fraction of sp³-hybridized carbons (Fsp3) is 0.600. The van der Waals surface area contributed by atoms with Crippen LogP contribution in [0.15, 0.2) is 6.07 Å². The van der Waals surface area contributed by atoms with Crippen molar-refractivity contribution >= 4 is 27.5 Å². The largest absolute Gasteiger partial charge is 0.474 e. The number of aromatic nitrogens is 2. The molecule has 0 spiro atoms. The molecular formula is C15H21N3OS. The monoisotopic (exact) mass is 291 g/mol. The summed E-state index contributed by atoms with van der Waals surface area (Å²) in [6.45, 7) is 5.19. The van der Waals surface area contributed by atoms with E-state index < -0.39 is 0 Å². The molecule has 1 saturated carbocycles. The predicted molar refractivity (Wildman–Crippen MR) is 83.8 cm³/mol. The highest BCUT2D eigenvalue weighted by Gasteiger charge is 2.22. The Kier molecular flexibility index (Phi) is 4.05. The van der Waals surface area contributed by atoms with Crippen molar-refractivity contribution in [1.82, 2.24) is 9.97 Å². The Morgan fingerprint density at radius 1 is 1.35 bits per heavy atom. The third-order valence-corrected chi connectivity index (χ3v) is 4.79. The molecule has 0 aliphatic heterocycles. The molecule has 3 rings (SSSR count). The molecule has 1 aliphatic rings. The normalized spacial score (nSPS) is 15.3. The molecule has 0 atom stereocenters. The molecule has 1 fully saturated rings. The van der Waals surface area contributed by atoms with Gasteiger partial charge in [-0.25, -0.2) is 4.98 Å². The Balaban J connectivity index is 1.95. The van der Waals surface area contributed by atoms with Gasteiger partial charge in [0, 0.05) is 11.4 Å². The molecule has 0 saturated heterocycles. The lowest BCUT2D eigenvalue weighted by Crippen LogP contribution is -2.25. The third-order valence-electron chi connectivity index (χ3n) is 3.62. The number of anilines is 1. The number of nitrogens with one attached hydrogen (secondary N) is 1. The summed E-state index contributed by atoms with van der Waals surface area (Å²) in [7, 11) is 0. The second kappa shape index (κ2) is 5.95. The van der Waals surface area contributed by atoms with Crippen LogP contribution in [0, 0.1) is 0 Å². The molecule has 0 aromatic carbocycles. The first-order chi connectivity index (χ1) is 9.80. The Morgan fingerprint density at radius 3 is 2.85 bits per heavy atom. The van der Waals surface area contributed by atoms with E-state index in [2.05, 4.69) is 35.2 Å². The molecule has 0 amide bonds. The number of nitrogens with zero attached hydrogens (tertiary/aromatic N) is 2. The van der Waals surface area contributed by atoms with Gasteiger partial charge in [-0.05, 0) is 38.2 Å². The lowest BCUT2D eigenvalue weighted by atomic mass is 9.96. The van der Waals surface area contributed by atoms with Gasteiger partial charge in [-0.3, -0.25) is 0 Å². The maximum Gasteiger partial charge on any atom is 0.227 e. The van der Waals surface area contributed by atoms with Crippen molar-refractivity contribution < 1.29 is 4.74 Å². The van der Waals surface area contributed by atoms with Crippen LogP contribution >= 0.6 is 11.3 Å². The highest BCUT2D eigenvalue weighted by Crippen LogP contribution is 2.34. The maximum atomic E-state index is 6.06. The van der Waals surface area contributed by atoms with Gasteiger partial charge in [0.15, 0.2) is 0 Å². The zero-order chi connectivity index (χ0) is 13.9. The van der Waals surface area contributed by atoms with Gasteiger partial charge < -0.3 is 10.1 Å². The lowest BCUT2D eigenvalue weighted by molar-refractivity contribution is 0.117. The topological polar surface area (TPSA) is 47.0 Å². The molecule has 4 nitrogen and oxygen atoms in total. The van der Waals surface area contributed by atoms with Gasteiger partial charge >= 0.3 is 0 Å². The summed E-state index contributed by atoms with van der Waals surface area (Å²) >= 11 is 1.74. The number of thiophene rings is 1. The minimum atomic E-state index is 0.345. The van der Waals surface area contributed by atoms with Crippen LogP contribution < -0.4 is 10.1 Å². The van der Waals surface area contributed by atoms with Gasteiger partial charge in [0.05, 0.1) is 5.39 Å². The Hall–Kier alpha value is -1.36. The van der Waals surface area contributed by atoms with Crippen LogP contribution in [0.5, 0.6) is 5.88 Å². The standard InChI is InChI=1S/C15H21N3OS/c1-3-8-16-15-17-13(19-10-6-5-7-10)12-9-11(4-2)20-14(12)18-15/h9-10H,3-8H2,1-2H3,(H,16,17,18). The van der Waals surface area contributed by atoms with E-state index in [-0.39, 0.29) is 0 Å². The summed E-state index contributed by atoms with van der Waals surface area (Å²) in [5, 5.41) is 4.34. The van der Waals surface area contributed by atoms with Gasteiger partial charge in [0.2, 0.25) is 11.8 Å². The van der Waals surface area contributed by atoms with Crippen molar-refractivity contribution in [2.45, 2.75) is 52.1 Å². The number of hydrogen-bond donors (Lipinski definition) is 1. The van der Waals surface area contributed by atoms with Crippen LogP contribution in [-0.4, -0.2) is 22.6 Å². The van der Waals surface area contributed by atoms with Crippen molar-refractivity contribution in [1.29, 1.82) is 0 Å². The van der Waals surface area contributed by atoms with E-state index >= 15 is 0 Å². The number of fused-ring (bicyclic) bond motifs is 1. The van der Waals surface area contributed by atoms with Crippen LogP contribution in [-0.2, 0) is 6.42 Å². The second-order valence-corrected chi connectivity index (χ2v) is 6.35. The lowest BCUT2D eigenvalue weighted by Gasteiger charge is -2.26. The van der Waals surface area contributed by atoms with Gasteiger partial charge in [-0.15, -0.1) is 11.3 Å². The first kappa shape index (κ1) is 13.6. The molecule has 2 heterocycles. The van der Waals surface area contributed by atoms with E-state index in [1.54, 1.807) is 11.3 Å². The Morgan fingerprint density at radius 2 is 2.20 bits per heavy atom. The van der Waals surface area contributed by atoms with Crippen molar-refractivity contribution in [3.05, 3.63) is 10.9 Å². The predicted octanol–water partition coefficient (Wildman–Crippen LogP) is 4.01. The molecule has 0 unspecified atom stereocenters. The highest BCUT2D eigenvalue weighted by molar-refractivity contribution is 7.18. The Bertz CT molecular complexity index is 592. The molecule has 0 bridgehead atoms. The second-order valence-electron chi connectivity index (χ2n) is 5.23. The Labute approximate surface area is 123 Å². The molecule has 2 aromatic rings. The van der Waals surface area contributed by atoms with E-state index in [1.165, 1.54) is 11.3 Å². The van der Waals surface area contributed by atoms with Crippen LogP contribution in [0.4, 0.5) is 5.95 Å². The zero-order valence-corrected chi connectivity index (χ0v) is 12.9. The van der Waals surface area contributed by atoms with E-state index in [4.69, 9.17) is 4.74 Å². The molecule has 2 aromatic heterocycles. The van der Waals surface area contributed by atoms with Crippen molar-refractivity contribution in [3.63, 3.8) is 0 Å². The first-order valence-corrected chi connectivity index (χ1v) is 8.32. The van der Waals surface area contributed by atoms with Gasteiger partial charge in [0.25, 0.3) is 0 Å². The zero-order valence-electron chi connectivity index (χ0n) is 12.1. The first-order valence-electron chi connectivity index (χ1n) is 7.51. The molecule has 1 N–H and O–H groups in total. The number of rotatable bonds is 6. The summed E-state index contributed by atoms with van der Waals surface area (Å²) in [5.74, 6) is 1.45. The quantitative estimate of drug-likeness (QED) is 0.873. The van der Waals surface area contributed by atoms with Gasteiger partial charge in [0.1, 0.15) is 10.9 Å². The van der Waals surface area contributed by atoms with Crippen molar-refractivity contribution in [2.75, 3.05) is 11.9 Å². The maximum absolute atomic E-state index is 6.06. The summed E-state index contributed by atoms with van der Waals surface area (Å²) in [5.41, 5.74) is 0. The number of aryl methyl sites for hydroxylation is 1. The average molecular weight is 291 g/mol. The van der Waals surface area contributed by atoms with Crippen LogP contribution in [0.3, 0.4) is 0 Å². The SMILES string of the molecule is CCCNc1nc(OC2CCC2)c2cc(CC)sc2n1. The van der Waals surface area contributed by atoms with Gasteiger partial charge in [-0.1, -0.05) is 13.8 Å². The van der Waals surface area contributed by atoms with E-state index in [9.17, 15) is 0 Å². The molecule has 5 heteroatoms. The summed E-state index contributed by atoms with van der Waals surface area (Å²) in [6.07, 6.45) is 6.00. The third kappa shape index (κ3) is 2.73. The van der Waals surface area contributed by atoms with E-state index in [1.807, 2.05) is 0 Å². The smallest absolute Gasteiger partial charge is 0.227 e. The fourth-order valence-electron chi connectivity index (χ4n) is 2.17. The van der Waals surface area contributed by atoms with E-state index in [0.717, 1.165) is 48.3 Å². The summed E-state index contributed by atoms with van der Waals surface area (Å²) < 4.78 is 6.06. The molecule has 0 radical (unpaired) electrons. The van der Waals surface area contributed by atoms with Crippen LogP contribution in [0.2, 0.25) is 0 Å². The average Bonchev–Trinajstić information content (AvgIpc) is 2.83. The minimum absolute atomic E-state index is 0.345. The van der Waals surface area contributed by atoms with Crippen molar-refractivity contribution in [2.24, 2.45) is 0 Å². The summed E-state index contributed by atoms with van der Waals surface area (Å²) in [4.78, 5) is 11.5. The van der Waals surface area contributed by atoms with Crippen LogP contribution in [0.25, 0.3) is 10.2 Å². The van der Waals surface area contributed by atoms with E-state index in [0.29, 0.717) is 12.1 Å². The number of ether oxygens (including phenoxy) is 1. The number of hydrogen-bond acceptors (Lipinski definition) is 5. The minimum Gasteiger partial charge on any atom is -0.474 e. The molecule has 20 heavy (non-hydrogen) atoms. The van der Waals surface area contributed by atoms with Gasteiger partial charge in [-0.2, -0.15) is 4.98 Å². The van der Waals surface area contributed by atoms with Crippen LogP contribution in [0.1, 0.15) is 44.4 Å². The molecular weight excluding hydrogens is 270 g/mol. The summed E-state index contributed by atoms with van der Waals surface area (Å²) in [6, 6.07) is 2.18. The molecule has 108 valence electrons.